The molecule has 0 unspecified atom stereocenters. The Balaban J connectivity index is 2.54. The van der Waals surface area contributed by atoms with Crippen molar-refractivity contribution in [2.75, 3.05) is 36.0 Å². The van der Waals surface area contributed by atoms with E-state index in [0.29, 0.717) is 5.92 Å². The van der Waals surface area contributed by atoms with Crippen molar-refractivity contribution in [2.24, 2.45) is 5.41 Å². The maximum absolute atomic E-state index is 2.42. The molecule has 2 aromatic carbocycles. The highest BCUT2D eigenvalue weighted by Crippen LogP contribution is 2.44. The molecule has 0 spiro atoms. The van der Waals surface area contributed by atoms with Crippen molar-refractivity contribution >= 4 is 11.4 Å². The van der Waals surface area contributed by atoms with Gasteiger partial charge in [-0.3, -0.25) is 0 Å². The fourth-order valence-corrected chi connectivity index (χ4v) is 4.64. The predicted octanol–water partition coefficient (Wildman–Crippen LogP) is 7.17. The summed E-state index contributed by atoms with van der Waals surface area (Å²) < 4.78 is 0. The predicted molar refractivity (Wildman–Crippen MR) is 131 cm³/mol. The first-order chi connectivity index (χ1) is 13.7. The second-order valence-electron chi connectivity index (χ2n) is 9.23. The summed E-state index contributed by atoms with van der Waals surface area (Å²) in [5.41, 5.74) is 8.49. The van der Waals surface area contributed by atoms with Gasteiger partial charge in [0.15, 0.2) is 0 Å². The molecule has 0 atom stereocenters. The number of nitrogens with zero attached hydrogens (tertiary/aromatic N) is 2. The minimum absolute atomic E-state index is 0.142. The van der Waals surface area contributed by atoms with Gasteiger partial charge in [-0.1, -0.05) is 32.9 Å². The van der Waals surface area contributed by atoms with Gasteiger partial charge in [-0.15, -0.1) is 0 Å². The third-order valence-electron chi connectivity index (χ3n) is 6.25. The smallest absolute Gasteiger partial charge is 0.0368 e. The maximum atomic E-state index is 2.42. The van der Waals surface area contributed by atoms with E-state index in [1.165, 1.54) is 33.6 Å². The van der Waals surface area contributed by atoms with Gasteiger partial charge in [0.1, 0.15) is 0 Å². The van der Waals surface area contributed by atoms with Crippen LogP contribution in [0.15, 0.2) is 36.4 Å². The molecule has 0 aliphatic heterocycles. The lowest BCUT2D eigenvalue weighted by molar-refractivity contribution is 0.356. The molecule has 2 rings (SSSR count). The summed E-state index contributed by atoms with van der Waals surface area (Å²) in [6.07, 6.45) is 0. The molecule has 0 N–H and O–H groups in total. The molecule has 2 aromatic rings. The van der Waals surface area contributed by atoms with Gasteiger partial charge in [0.05, 0.1) is 0 Å². The number of hydrogen-bond donors (Lipinski definition) is 0. The van der Waals surface area contributed by atoms with E-state index < -0.39 is 0 Å². The Morgan fingerprint density at radius 2 is 1.00 bits per heavy atom. The first kappa shape index (κ1) is 23.3. The van der Waals surface area contributed by atoms with Crippen molar-refractivity contribution in [3.05, 3.63) is 58.7 Å². The lowest BCUT2D eigenvalue weighted by Gasteiger charge is -2.35. The Morgan fingerprint density at radius 1 is 0.655 bits per heavy atom. The molecule has 0 saturated heterocycles. The van der Waals surface area contributed by atoms with Crippen LogP contribution in [0.1, 0.15) is 76.6 Å². The highest BCUT2D eigenvalue weighted by atomic mass is 15.1. The standard InChI is InChI=1S/C27H42N2/c1-10-28(11-2)22-14-16-24(20(5)18-22)26(27(7,8)9)25-17-15-23(19-21(25)6)29(12-3)13-4/h14-19,26H,10-13H2,1-9H3. The molecule has 0 amide bonds. The zero-order valence-corrected chi connectivity index (χ0v) is 20.3. The molecular weight excluding hydrogens is 352 g/mol. The van der Waals surface area contributed by atoms with E-state index in [4.69, 9.17) is 0 Å². The summed E-state index contributed by atoms with van der Waals surface area (Å²) in [5, 5.41) is 0. The molecular formula is C27H42N2. The summed E-state index contributed by atoms with van der Waals surface area (Å²) in [6, 6.07) is 14.1. The quantitative estimate of drug-likeness (QED) is 0.468. The summed E-state index contributed by atoms with van der Waals surface area (Å²) in [7, 11) is 0. The van der Waals surface area contributed by atoms with Crippen LogP contribution in [0.5, 0.6) is 0 Å². The molecule has 0 aromatic heterocycles. The van der Waals surface area contributed by atoms with E-state index in [9.17, 15) is 0 Å². The van der Waals surface area contributed by atoms with Crippen LogP contribution in [0.25, 0.3) is 0 Å². The first-order valence-electron chi connectivity index (χ1n) is 11.4. The number of benzene rings is 2. The van der Waals surface area contributed by atoms with Crippen molar-refractivity contribution < 1.29 is 0 Å². The van der Waals surface area contributed by atoms with E-state index >= 15 is 0 Å². The molecule has 2 heteroatoms. The fraction of sp³-hybridized carbons (Fsp3) is 0.556. The van der Waals surface area contributed by atoms with E-state index in [0.717, 1.165) is 26.2 Å². The molecule has 160 valence electrons. The molecule has 0 saturated carbocycles. The lowest BCUT2D eigenvalue weighted by atomic mass is 9.70. The van der Waals surface area contributed by atoms with Crippen molar-refractivity contribution in [2.45, 2.75) is 68.2 Å². The third-order valence-corrected chi connectivity index (χ3v) is 6.25. The zero-order valence-electron chi connectivity index (χ0n) is 20.3. The molecule has 2 nitrogen and oxygen atoms in total. The van der Waals surface area contributed by atoms with Crippen LogP contribution in [-0.4, -0.2) is 26.2 Å². The monoisotopic (exact) mass is 394 g/mol. The van der Waals surface area contributed by atoms with Crippen molar-refractivity contribution in [1.82, 2.24) is 0 Å². The van der Waals surface area contributed by atoms with Crippen LogP contribution in [-0.2, 0) is 0 Å². The van der Waals surface area contributed by atoms with Crippen molar-refractivity contribution in [3.63, 3.8) is 0 Å². The van der Waals surface area contributed by atoms with Gasteiger partial charge in [0, 0.05) is 43.5 Å². The normalized spacial score (nSPS) is 11.8. The van der Waals surface area contributed by atoms with Crippen LogP contribution in [0.3, 0.4) is 0 Å². The van der Waals surface area contributed by atoms with Gasteiger partial charge < -0.3 is 9.80 Å². The minimum Gasteiger partial charge on any atom is -0.372 e. The van der Waals surface area contributed by atoms with Gasteiger partial charge in [-0.25, -0.2) is 0 Å². The average molecular weight is 395 g/mol. The minimum atomic E-state index is 0.142. The zero-order chi connectivity index (χ0) is 21.8. The Kier molecular flexibility index (Phi) is 7.80. The fourth-order valence-electron chi connectivity index (χ4n) is 4.64. The second-order valence-corrected chi connectivity index (χ2v) is 9.23. The van der Waals surface area contributed by atoms with Gasteiger partial charge in [0.25, 0.3) is 0 Å². The molecule has 0 radical (unpaired) electrons. The first-order valence-corrected chi connectivity index (χ1v) is 11.4. The van der Waals surface area contributed by atoms with E-state index in [1.807, 2.05) is 0 Å². The Morgan fingerprint density at radius 3 is 1.24 bits per heavy atom. The average Bonchev–Trinajstić information content (AvgIpc) is 2.66. The summed E-state index contributed by atoms with van der Waals surface area (Å²) >= 11 is 0. The highest BCUT2D eigenvalue weighted by molar-refractivity contribution is 5.56. The molecule has 29 heavy (non-hydrogen) atoms. The van der Waals surface area contributed by atoms with Crippen LogP contribution < -0.4 is 9.80 Å². The summed E-state index contributed by atoms with van der Waals surface area (Å²) in [5.74, 6) is 0.374. The van der Waals surface area contributed by atoms with E-state index in [1.54, 1.807) is 0 Å². The van der Waals surface area contributed by atoms with Crippen LogP contribution in [0.4, 0.5) is 11.4 Å². The second kappa shape index (κ2) is 9.69. The van der Waals surface area contributed by atoms with Crippen molar-refractivity contribution in [1.29, 1.82) is 0 Å². The highest BCUT2D eigenvalue weighted by Gasteiger charge is 2.30. The van der Waals surface area contributed by atoms with Crippen LogP contribution in [0, 0.1) is 19.3 Å². The summed E-state index contributed by atoms with van der Waals surface area (Å²) in [4.78, 5) is 4.85. The van der Waals surface area contributed by atoms with Crippen molar-refractivity contribution in [3.8, 4) is 0 Å². The maximum Gasteiger partial charge on any atom is 0.0368 e. The SMILES string of the molecule is CCN(CC)c1ccc(C(c2ccc(N(CC)CC)cc2C)C(C)(C)C)c(C)c1. The largest absolute Gasteiger partial charge is 0.372 e. The number of aryl methyl sites for hydroxylation is 2. The topological polar surface area (TPSA) is 6.48 Å². The Hall–Kier alpha value is -1.96. The Bertz CT molecular complexity index is 731. The molecule has 0 aliphatic rings. The van der Waals surface area contributed by atoms with Gasteiger partial charge in [0.2, 0.25) is 0 Å². The summed E-state index contributed by atoms with van der Waals surface area (Å²) in [6.45, 7) is 24.8. The number of anilines is 2. The molecule has 0 fully saturated rings. The van der Waals surface area contributed by atoms with E-state index in [-0.39, 0.29) is 5.41 Å². The molecule has 0 aliphatic carbocycles. The lowest BCUT2D eigenvalue weighted by Crippen LogP contribution is -2.24. The third kappa shape index (κ3) is 5.15. The van der Waals surface area contributed by atoms with E-state index in [2.05, 4.69) is 109 Å². The number of hydrogen-bond acceptors (Lipinski definition) is 2. The van der Waals surface area contributed by atoms with Crippen LogP contribution >= 0.6 is 0 Å². The van der Waals surface area contributed by atoms with Crippen LogP contribution in [0.2, 0.25) is 0 Å². The van der Waals surface area contributed by atoms with Gasteiger partial charge in [-0.05, 0) is 93.5 Å². The molecule has 0 heterocycles. The van der Waals surface area contributed by atoms with Gasteiger partial charge >= 0.3 is 0 Å². The number of rotatable bonds is 8. The Labute approximate surface area is 179 Å². The van der Waals surface area contributed by atoms with Gasteiger partial charge in [-0.2, -0.15) is 0 Å². The molecule has 0 bridgehead atoms.